The van der Waals surface area contributed by atoms with Crippen molar-refractivity contribution in [2.45, 2.75) is 13.8 Å². The fourth-order valence-corrected chi connectivity index (χ4v) is 1.61. The number of carboxylic acids is 1. The van der Waals surface area contributed by atoms with E-state index in [4.69, 9.17) is 9.52 Å². The summed E-state index contributed by atoms with van der Waals surface area (Å²) < 4.78 is 5.44. The highest BCUT2D eigenvalue weighted by molar-refractivity contribution is 5.85. The van der Waals surface area contributed by atoms with E-state index < -0.39 is 5.97 Å². The molecule has 0 atom stereocenters. The van der Waals surface area contributed by atoms with Crippen LogP contribution in [0.2, 0.25) is 0 Å². The highest BCUT2D eigenvalue weighted by Gasteiger charge is 2.06. The van der Waals surface area contributed by atoms with Crippen molar-refractivity contribution in [3.05, 3.63) is 35.2 Å². The van der Waals surface area contributed by atoms with E-state index in [0.717, 1.165) is 22.7 Å². The molecule has 1 heterocycles. The molecule has 0 amide bonds. The molecule has 0 aliphatic rings. The minimum absolute atomic E-state index is 0.311. The molecule has 0 aliphatic heterocycles. The number of aryl methyl sites for hydroxylation is 2. The van der Waals surface area contributed by atoms with Crippen LogP contribution in [0.15, 0.2) is 22.6 Å². The molecule has 16 heavy (non-hydrogen) atoms. The third-order valence-electron chi connectivity index (χ3n) is 2.21. The second-order valence-electron chi connectivity index (χ2n) is 3.65. The van der Waals surface area contributed by atoms with Gasteiger partial charge in [0.1, 0.15) is 5.52 Å². The molecule has 82 valence electrons. The number of aromatic nitrogens is 1. The predicted molar refractivity (Wildman–Crippen MR) is 60.2 cm³/mol. The van der Waals surface area contributed by atoms with E-state index in [0.29, 0.717) is 11.5 Å². The van der Waals surface area contributed by atoms with E-state index in [1.807, 2.05) is 26.0 Å². The van der Waals surface area contributed by atoms with Crippen molar-refractivity contribution in [3.8, 4) is 0 Å². The Balaban J connectivity index is 2.52. The van der Waals surface area contributed by atoms with E-state index in [-0.39, 0.29) is 0 Å². The maximum absolute atomic E-state index is 10.4. The maximum Gasteiger partial charge on any atom is 0.328 e. The van der Waals surface area contributed by atoms with Crippen LogP contribution in [0.4, 0.5) is 0 Å². The first-order chi connectivity index (χ1) is 7.56. The van der Waals surface area contributed by atoms with Gasteiger partial charge >= 0.3 is 5.97 Å². The van der Waals surface area contributed by atoms with Gasteiger partial charge in [0, 0.05) is 12.2 Å². The van der Waals surface area contributed by atoms with Gasteiger partial charge in [0.2, 0.25) is 5.89 Å². The normalized spacial score (nSPS) is 11.4. The lowest BCUT2D eigenvalue weighted by atomic mass is 10.1. The summed E-state index contributed by atoms with van der Waals surface area (Å²) in [5.74, 6) is -0.707. The van der Waals surface area contributed by atoms with E-state index in [1.54, 1.807) is 0 Å². The summed E-state index contributed by atoms with van der Waals surface area (Å²) in [5.41, 5.74) is 3.56. The second kappa shape index (κ2) is 3.81. The van der Waals surface area contributed by atoms with Crippen LogP contribution in [0.25, 0.3) is 17.2 Å². The molecule has 0 radical (unpaired) electrons. The van der Waals surface area contributed by atoms with E-state index in [9.17, 15) is 4.79 Å². The number of fused-ring (bicyclic) bond motifs is 1. The highest BCUT2D eigenvalue weighted by Crippen LogP contribution is 2.21. The Hall–Kier alpha value is -2.10. The van der Waals surface area contributed by atoms with Crippen LogP contribution >= 0.6 is 0 Å². The molecule has 1 aromatic heterocycles. The molecule has 4 nitrogen and oxygen atoms in total. The van der Waals surface area contributed by atoms with Crippen LogP contribution in [0.1, 0.15) is 17.0 Å². The third-order valence-corrected chi connectivity index (χ3v) is 2.21. The van der Waals surface area contributed by atoms with Gasteiger partial charge in [-0.3, -0.25) is 0 Å². The number of benzene rings is 1. The second-order valence-corrected chi connectivity index (χ2v) is 3.65. The summed E-state index contributed by atoms with van der Waals surface area (Å²) in [6.07, 6.45) is 2.35. The van der Waals surface area contributed by atoms with Crippen molar-refractivity contribution in [1.29, 1.82) is 0 Å². The highest BCUT2D eigenvalue weighted by atomic mass is 16.4. The third kappa shape index (κ3) is 1.95. The number of aliphatic carboxylic acids is 1. The summed E-state index contributed by atoms with van der Waals surface area (Å²) >= 11 is 0. The molecular formula is C12H11NO3. The van der Waals surface area contributed by atoms with Gasteiger partial charge in [0.15, 0.2) is 5.58 Å². The van der Waals surface area contributed by atoms with Gasteiger partial charge in [-0.25, -0.2) is 9.78 Å². The van der Waals surface area contributed by atoms with Crippen molar-refractivity contribution in [2.75, 3.05) is 0 Å². The van der Waals surface area contributed by atoms with Gasteiger partial charge < -0.3 is 9.52 Å². The molecule has 0 unspecified atom stereocenters. The first-order valence-electron chi connectivity index (χ1n) is 4.85. The maximum atomic E-state index is 10.4. The first kappa shape index (κ1) is 10.4. The summed E-state index contributed by atoms with van der Waals surface area (Å²) in [5, 5.41) is 8.49. The molecule has 0 fully saturated rings. The van der Waals surface area contributed by atoms with E-state index in [1.165, 1.54) is 6.08 Å². The number of nitrogens with zero attached hydrogens (tertiary/aromatic N) is 1. The van der Waals surface area contributed by atoms with Gasteiger partial charge in [0.25, 0.3) is 0 Å². The smallest absolute Gasteiger partial charge is 0.328 e. The van der Waals surface area contributed by atoms with Gasteiger partial charge in [-0.1, -0.05) is 6.07 Å². The monoisotopic (exact) mass is 217 g/mol. The lowest BCUT2D eigenvalue weighted by molar-refractivity contribution is -0.131. The quantitative estimate of drug-likeness (QED) is 0.785. The Morgan fingerprint density at radius 3 is 2.88 bits per heavy atom. The average molecular weight is 217 g/mol. The minimum Gasteiger partial charge on any atom is -0.478 e. The van der Waals surface area contributed by atoms with Crippen LogP contribution in [0.3, 0.4) is 0 Å². The largest absolute Gasteiger partial charge is 0.478 e. The summed E-state index contributed by atoms with van der Waals surface area (Å²) in [6.45, 7) is 3.92. The Morgan fingerprint density at radius 1 is 1.44 bits per heavy atom. The van der Waals surface area contributed by atoms with Crippen molar-refractivity contribution in [2.24, 2.45) is 0 Å². The van der Waals surface area contributed by atoms with Gasteiger partial charge in [-0.2, -0.15) is 0 Å². The summed E-state index contributed by atoms with van der Waals surface area (Å²) in [6, 6.07) is 3.90. The lowest BCUT2D eigenvalue weighted by Gasteiger charge is -1.94. The lowest BCUT2D eigenvalue weighted by Crippen LogP contribution is -1.85. The number of carbonyl (C=O) groups is 1. The van der Waals surface area contributed by atoms with Crippen LogP contribution in [0, 0.1) is 13.8 Å². The number of oxazole rings is 1. The van der Waals surface area contributed by atoms with E-state index >= 15 is 0 Å². The zero-order valence-corrected chi connectivity index (χ0v) is 9.02. The molecule has 0 bridgehead atoms. The van der Waals surface area contributed by atoms with Crippen molar-refractivity contribution < 1.29 is 14.3 Å². The van der Waals surface area contributed by atoms with Gasteiger partial charge in [0.05, 0.1) is 0 Å². The molecular weight excluding hydrogens is 206 g/mol. The Bertz CT molecular complexity index is 581. The van der Waals surface area contributed by atoms with E-state index in [2.05, 4.69) is 4.98 Å². The fourth-order valence-electron chi connectivity index (χ4n) is 1.61. The average Bonchev–Trinajstić information content (AvgIpc) is 2.57. The molecule has 0 saturated heterocycles. The molecule has 2 aromatic rings. The number of carboxylic acid groups (broad SMARTS) is 1. The van der Waals surface area contributed by atoms with Gasteiger partial charge in [-0.15, -0.1) is 0 Å². The standard InChI is InChI=1S/C12H11NO3/c1-7-5-8(2)12-9(6-7)13-10(16-12)3-4-11(14)15/h3-6H,1-2H3,(H,14,15)/b4-3+. The minimum atomic E-state index is -1.02. The molecule has 0 aliphatic carbocycles. The number of hydrogen-bond acceptors (Lipinski definition) is 3. The molecule has 0 saturated carbocycles. The fraction of sp³-hybridized carbons (Fsp3) is 0.167. The number of hydrogen-bond donors (Lipinski definition) is 1. The Kier molecular flexibility index (Phi) is 2.48. The van der Waals surface area contributed by atoms with Crippen molar-refractivity contribution in [1.82, 2.24) is 4.98 Å². The molecule has 0 spiro atoms. The molecule has 4 heteroatoms. The van der Waals surface area contributed by atoms with Crippen LogP contribution in [0.5, 0.6) is 0 Å². The van der Waals surface area contributed by atoms with Crippen LogP contribution < -0.4 is 0 Å². The SMILES string of the molecule is Cc1cc(C)c2oc(/C=C/C(=O)O)nc2c1. The predicted octanol–water partition coefficient (Wildman–Crippen LogP) is 2.54. The Morgan fingerprint density at radius 2 is 2.19 bits per heavy atom. The molecule has 1 aromatic carbocycles. The molecule has 2 rings (SSSR count). The zero-order valence-electron chi connectivity index (χ0n) is 9.02. The van der Waals surface area contributed by atoms with Crippen LogP contribution in [-0.4, -0.2) is 16.1 Å². The molecule has 1 N–H and O–H groups in total. The first-order valence-corrected chi connectivity index (χ1v) is 4.85. The zero-order chi connectivity index (χ0) is 11.7. The number of rotatable bonds is 2. The van der Waals surface area contributed by atoms with Gasteiger partial charge in [-0.05, 0) is 31.0 Å². The topological polar surface area (TPSA) is 63.3 Å². The Labute approximate surface area is 92.2 Å². The van der Waals surface area contributed by atoms with Crippen molar-refractivity contribution >= 4 is 23.1 Å². The van der Waals surface area contributed by atoms with Crippen LogP contribution in [-0.2, 0) is 4.79 Å². The van der Waals surface area contributed by atoms with Crippen molar-refractivity contribution in [3.63, 3.8) is 0 Å². The summed E-state index contributed by atoms with van der Waals surface area (Å²) in [4.78, 5) is 14.5. The summed E-state index contributed by atoms with van der Waals surface area (Å²) in [7, 11) is 0.